The van der Waals surface area contributed by atoms with Crippen molar-refractivity contribution in [2.45, 2.75) is 0 Å². The number of thioether (sulfide) groups is 1. The normalized spacial score (nSPS) is 11.9. The lowest BCUT2D eigenvalue weighted by atomic mass is 10.5. The Morgan fingerprint density at radius 1 is 1.80 bits per heavy atom. The van der Waals surface area contributed by atoms with Crippen LogP contribution in [0.3, 0.4) is 0 Å². The Morgan fingerprint density at radius 2 is 2.60 bits per heavy atom. The maximum atomic E-state index is 8.40. The molecule has 0 aromatic carbocycles. The van der Waals surface area contributed by atoms with Gasteiger partial charge in [0.2, 0.25) is 0 Å². The van der Waals surface area contributed by atoms with E-state index in [9.17, 15) is 0 Å². The molecule has 54 valence electrons. The average molecular weight is 157 g/mol. The summed E-state index contributed by atoms with van der Waals surface area (Å²) in [6.45, 7) is 0. The van der Waals surface area contributed by atoms with Gasteiger partial charge in [-0.1, -0.05) is 5.16 Å². The monoisotopic (exact) mass is 157 g/mol. The van der Waals surface area contributed by atoms with Gasteiger partial charge in [-0.15, -0.1) is 11.8 Å². The minimum Gasteiger partial charge on any atom is -0.462 e. The van der Waals surface area contributed by atoms with Crippen LogP contribution in [0.2, 0.25) is 0 Å². The van der Waals surface area contributed by atoms with Gasteiger partial charge in [0.1, 0.15) is 0 Å². The van der Waals surface area contributed by atoms with E-state index in [0.717, 1.165) is 0 Å². The number of nitrogens with zero attached hydrogens (tertiary/aromatic N) is 1. The van der Waals surface area contributed by atoms with E-state index in [1.54, 1.807) is 12.1 Å². The Bertz CT molecular complexity index is 218. The minimum atomic E-state index is 0.491. The zero-order chi connectivity index (χ0) is 7.40. The second kappa shape index (κ2) is 3.31. The van der Waals surface area contributed by atoms with Gasteiger partial charge >= 0.3 is 0 Å². The van der Waals surface area contributed by atoms with Crippen LogP contribution in [0, 0.1) is 0 Å². The van der Waals surface area contributed by atoms with Crippen LogP contribution < -0.4 is 0 Å². The Morgan fingerprint density at radius 3 is 3.00 bits per heavy atom. The third-order valence-electron chi connectivity index (χ3n) is 1.02. The molecule has 0 unspecified atom stereocenters. The fourth-order valence-corrected chi connectivity index (χ4v) is 0.990. The van der Waals surface area contributed by atoms with Crippen molar-refractivity contribution in [2.24, 2.45) is 5.16 Å². The van der Waals surface area contributed by atoms with Crippen LogP contribution in [0.5, 0.6) is 0 Å². The van der Waals surface area contributed by atoms with Crippen molar-refractivity contribution in [1.82, 2.24) is 0 Å². The Balaban J connectivity index is 2.85. The Kier molecular flexibility index (Phi) is 2.39. The summed E-state index contributed by atoms with van der Waals surface area (Å²) in [7, 11) is 0. The van der Waals surface area contributed by atoms with Crippen molar-refractivity contribution < 1.29 is 9.62 Å². The fraction of sp³-hybridized carbons (Fsp3) is 0.167. The smallest absolute Gasteiger partial charge is 0.178 e. The average Bonchev–Trinajstić information content (AvgIpc) is 2.43. The summed E-state index contributed by atoms with van der Waals surface area (Å²) in [5.74, 6) is 0.593. The molecule has 0 atom stereocenters. The van der Waals surface area contributed by atoms with Gasteiger partial charge in [0, 0.05) is 0 Å². The van der Waals surface area contributed by atoms with Gasteiger partial charge in [-0.05, 0) is 18.4 Å². The summed E-state index contributed by atoms with van der Waals surface area (Å²) >= 11 is 1.33. The fourth-order valence-electron chi connectivity index (χ4n) is 0.591. The summed E-state index contributed by atoms with van der Waals surface area (Å²) in [5.41, 5.74) is 0. The van der Waals surface area contributed by atoms with E-state index in [0.29, 0.717) is 10.8 Å². The Hall–Kier alpha value is -0.900. The molecule has 1 heterocycles. The standard InChI is InChI=1S/C6H7NO2S/c1-10-6(7-8)5-3-2-4-9-5/h2-4,8H,1H3/b7-6+. The van der Waals surface area contributed by atoms with Crippen LogP contribution in [-0.2, 0) is 0 Å². The van der Waals surface area contributed by atoms with Gasteiger partial charge in [0.05, 0.1) is 6.26 Å². The van der Waals surface area contributed by atoms with Crippen LogP contribution in [0.1, 0.15) is 5.76 Å². The molecule has 0 spiro atoms. The van der Waals surface area contributed by atoms with Crippen molar-refractivity contribution in [3.8, 4) is 0 Å². The molecule has 1 N–H and O–H groups in total. The van der Waals surface area contributed by atoms with E-state index in [1.807, 2.05) is 6.26 Å². The van der Waals surface area contributed by atoms with Gasteiger partial charge in [0.25, 0.3) is 0 Å². The predicted octanol–water partition coefficient (Wildman–Crippen LogP) is 1.78. The predicted molar refractivity (Wildman–Crippen MR) is 40.5 cm³/mol. The first-order valence-electron chi connectivity index (χ1n) is 2.68. The van der Waals surface area contributed by atoms with Crippen molar-refractivity contribution in [1.29, 1.82) is 0 Å². The summed E-state index contributed by atoms with van der Waals surface area (Å²) < 4.78 is 4.97. The maximum Gasteiger partial charge on any atom is 0.178 e. The molecule has 0 amide bonds. The van der Waals surface area contributed by atoms with Crippen LogP contribution in [0.15, 0.2) is 28.0 Å². The Labute approximate surface area is 62.7 Å². The number of hydrogen-bond donors (Lipinski definition) is 1. The third-order valence-corrected chi connectivity index (χ3v) is 1.69. The molecule has 1 aromatic heterocycles. The van der Waals surface area contributed by atoms with Crippen molar-refractivity contribution in [3.63, 3.8) is 0 Å². The molecule has 0 radical (unpaired) electrons. The highest BCUT2D eigenvalue weighted by Crippen LogP contribution is 2.10. The SMILES string of the molecule is CS/C(=N/O)c1ccco1. The lowest BCUT2D eigenvalue weighted by Crippen LogP contribution is -1.90. The number of oxime groups is 1. The van der Waals surface area contributed by atoms with E-state index >= 15 is 0 Å². The number of furan rings is 1. The number of rotatable bonds is 1. The first-order chi connectivity index (χ1) is 4.88. The quantitative estimate of drug-likeness (QED) is 0.292. The van der Waals surface area contributed by atoms with E-state index < -0.39 is 0 Å². The van der Waals surface area contributed by atoms with Gasteiger partial charge in [-0.3, -0.25) is 0 Å². The highest BCUT2D eigenvalue weighted by atomic mass is 32.2. The lowest BCUT2D eigenvalue weighted by Gasteiger charge is -1.91. The molecule has 0 saturated carbocycles. The molecule has 0 aliphatic rings. The van der Waals surface area contributed by atoms with E-state index in [-0.39, 0.29) is 0 Å². The topological polar surface area (TPSA) is 45.7 Å². The van der Waals surface area contributed by atoms with Gasteiger partial charge in [-0.2, -0.15) is 0 Å². The van der Waals surface area contributed by atoms with Crippen molar-refractivity contribution >= 4 is 16.8 Å². The van der Waals surface area contributed by atoms with E-state index in [4.69, 9.17) is 9.62 Å². The summed E-state index contributed by atoms with van der Waals surface area (Å²) in [6.07, 6.45) is 3.36. The molecule has 3 nitrogen and oxygen atoms in total. The molecule has 0 aliphatic heterocycles. The van der Waals surface area contributed by atoms with Crippen LogP contribution in [0.25, 0.3) is 0 Å². The molecule has 0 aliphatic carbocycles. The van der Waals surface area contributed by atoms with Crippen molar-refractivity contribution in [2.75, 3.05) is 6.26 Å². The molecule has 0 bridgehead atoms. The first-order valence-corrected chi connectivity index (χ1v) is 3.91. The van der Waals surface area contributed by atoms with Gasteiger partial charge < -0.3 is 9.62 Å². The third kappa shape index (κ3) is 1.33. The first kappa shape index (κ1) is 7.21. The molecule has 1 aromatic rings. The zero-order valence-corrected chi connectivity index (χ0v) is 6.26. The lowest BCUT2D eigenvalue weighted by molar-refractivity contribution is 0.320. The molecule has 10 heavy (non-hydrogen) atoms. The minimum absolute atomic E-state index is 0.491. The highest BCUT2D eigenvalue weighted by molar-refractivity contribution is 8.13. The second-order valence-electron chi connectivity index (χ2n) is 1.59. The largest absolute Gasteiger partial charge is 0.462 e. The molecule has 4 heteroatoms. The molecular formula is C6H7NO2S. The van der Waals surface area contributed by atoms with Gasteiger partial charge in [0.15, 0.2) is 10.8 Å². The van der Waals surface area contributed by atoms with Crippen LogP contribution in [-0.4, -0.2) is 16.5 Å². The molecular weight excluding hydrogens is 150 g/mol. The maximum absolute atomic E-state index is 8.40. The van der Waals surface area contributed by atoms with Crippen molar-refractivity contribution in [3.05, 3.63) is 24.2 Å². The zero-order valence-electron chi connectivity index (χ0n) is 5.44. The second-order valence-corrected chi connectivity index (χ2v) is 2.38. The number of hydrogen-bond acceptors (Lipinski definition) is 4. The summed E-state index contributed by atoms with van der Waals surface area (Å²) in [5, 5.41) is 11.9. The van der Waals surface area contributed by atoms with Crippen LogP contribution >= 0.6 is 11.8 Å². The van der Waals surface area contributed by atoms with E-state index in [1.165, 1.54) is 18.0 Å². The molecule has 0 fully saturated rings. The summed E-state index contributed by atoms with van der Waals surface area (Å²) in [4.78, 5) is 0. The van der Waals surface area contributed by atoms with E-state index in [2.05, 4.69) is 5.16 Å². The highest BCUT2D eigenvalue weighted by Gasteiger charge is 2.03. The van der Waals surface area contributed by atoms with Gasteiger partial charge in [-0.25, -0.2) is 0 Å². The molecule has 0 saturated heterocycles. The molecule has 1 rings (SSSR count). The van der Waals surface area contributed by atoms with Crippen LogP contribution in [0.4, 0.5) is 0 Å². The summed E-state index contributed by atoms with van der Waals surface area (Å²) in [6, 6.07) is 3.49.